The second-order valence-electron chi connectivity index (χ2n) is 5.00. The predicted molar refractivity (Wildman–Crippen MR) is 65.0 cm³/mol. The van der Waals surface area contributed by atoms with Crippen LogP contribution < -0.4 is 0 Å². The number of benzene rings is 1. The first-order valence-corrected chi connectivity index (χ1v) is 5.60. The van der Waals surface area contributed by atoms with Crippen molar-refractivity contribution in [3.05, 3.63) is 34.8 Å². The summed E-state index contributed by atoms with van der Waals surface area (Å²) < 4.78 is 18.5. The average molecular weight is 255 g/mol. The number of ketones is 1. The van der Waals surface area contributed by atoms with Gasteiger partial charge in [0, 0.05) is 10.8 Å². The third kappa shape index (κ3) is 2.20. The Morgan fingerprint density at radius 2 is 1.94 bits per heavy atom. The van der Waals surface area contributed by atoms with Gasteiger partial charge in [0.1, 0.15) is 5.82 Å². The number of rotatable bonds is 1. The SMILES string of the molecule is CC(C)(C)C(=O)c1cc2cc(F)cc(Cl)c2o1. The molecule has 0 saturated heterocycles. The molecule has 2 nitrogen and oxygen atoms in total. The molecular formula is C13H12ClFO2. The summed E-state index contributed by atoms with van der Waals surface area (Å²) in [5.74, 6) is -0.372. The Hall–Kier alpha value is -1.35. The number of halogens is 2. The van der Waals surface area contributed by atoms with Crippen LogP contribution in [0.25, 0.3) is 11.0 Å². The third-order valence-electron chi connectivity index (χ3n) is 2.44. The molecule has 1 heterocycles. The second kappa shape index (κ2) is 3.84. The lowest BCUT2D eigenvalue weighted by molar-refractivity contribution is 0.0831. The molecule has 90 valence electrons. The first kappa shape index (κ1) is 12.1. The molecule has 0 amide bonds. The fourth-order valence-electron chi connectivity index (χ4n) is 1.56. The van der Waals surface area contributed by atoms with Crippen LogP contribution in [0.2, 0.25) is 5.02 Å². The van der Waals surface area contributed by atoms with E-state index in [2.05, 4.69) is 0 Å². The van der Waals surface area contributed by atoms with Crippen molar-refractivity contribution in [1.29, 1.82) is 0 Å². The Bertz CT molecular complexity index is 593. The van der Waals surface area contributed by atoms with E-state index in [1.54, 1.807) is 20.8 Å². The molecule has 0 saturated carbocycles. The molecule has 17 heavy (non-hydrogen) atoms. The van der Waals surface area contributed by atoms with Gasteiger partial charge in [-0.2, -0.15) is 0 Å². The smallest absolute Gasteiger partial charge is 0.203 e. The van der Waals surface area contributed by atoms with E-state index < -0.39 is 11.2 Å². The molecule has 0 spiro atoms. The van der Waals surface area contributed by atoms with E-state index in [1.807, 2.05) is 0 Å². The number of Topliss-reactive ketones (excluding diaryl/α,β-unsaturated/α-hetero) is 1. The Morgan fingerprint density at radius 3 is 2.53 bits per heavy atom. The maximum absolute atomic E-state index is 13.1. The summed E-state index contributed by atoms with van der Waals surface area (Å²) in [5.41, 5.74) is -0.195. The summed E-state index contributed by atoms with van der Waals surface area (Å²) in [7, 11) is 0. The zero-order valence-electron chi connectivity index (χ0n) is 9.80. The highest BCUT2D eigenvalue weighted by molar-refractivity contribution is 6.34. The highest BCUT2D eigenvalue weighted by Crippen LogP contribution is 2.31. The van der Waals surface area contributed by atoms with Crippen molar-refractivity contribution in [2.45, 2.75) is 20.8 Å². The molecule has 0 N–H and O–H groups in total. The lowest BCUT2D eigenvalue weighted by Crippen LogP contribution is -2.19. The van der Waals surface area contributed by atoms with Crippen LogP contribution in [0.15, 0.2) is 22.6 Å². The minimum absolute atomic E-state index is 0.134. The largest absolute Gasteiger partial charge is 0.451 e. The van der Waals surface area contributed by atoms with Gasteiger partial charge in [0.2, 0.25) is 5.78 Å². The van der Waals surface area contributed by atoms with E-state index in [-0.39, 0.29) is 16.6 Å². The molecular weight excluding hydrogens is 243 g/mol. The van der Waals surface area contributed by atoms with Crippen molar-refractivity contribution < 1.29 is 13.6 Å². The van der Waals surface area contributed by atoms with Crippen molar-refractivity contribution >= 4 is 28.4 Å². The average Bonchev–Trinajstić information content (AvgIpc) is 2.58. The minimum atomic E-state index is -0.543. The molecule has 0 aliphatic carbocycles. The van der Waals surface area contributed by atoms with Gasteiger partial charge >= 0.3 is 0 Å². The fraction of sp³-hybridized carbons (Fsp3) is 0.308. The molecule has 0 aliphatic rings. The van der Waals surface area contributed by atoms with Crippen LogP contribution in [0.3, 0.4) is 0 Å². The van der Waals surface area contributed by atoms with Gasteiger partial charge in [-0.05, 0) is 18.2 Å². The number of hydrogen-bond acceptors (Lipinski definition) is 2. The summed E-state index contributed by atoms with van der Waals surface area (Å²) in [6, 6.07) is 3.99. The Kier molecular flexibility index (Phi) is 2.74. The van der Waals surface area contributed by atoms with Crippen molar-refractivity contribution in [1.82, 2.24) is 0 Å². The van der Waals surface area contributed by atoms with Crippen LogP contribution in [0.4, 0.5) is 4.39 Å². The van der Waals surface area contributed by atoms with E-state index in [1.165, 1.54) is 18.2 Å². The quantitative estimate of drug-likeness (QED) is 0.704. The Labute approximate surface area is 103 Å². The normalized spacial score (nSPS) is 12.1. The monoisotopic (exact) mass is 254 g/mol. The van der Waals surface area contributed by atoms with Gasteiger partial charge in [0.25, 0.3) is 0 Å². The highest BCUT2D eigenvalue weighted by atomic mass is 35.5. The van der Waals surface area contributed by atoms with Crippen LogP contribution in [0.1, 0.15) is 31.3 Å². The molecule has 0 aliphatic heterocycles. The highest BCUT2D eigenvalue weighted by Gasteiger charge is 2.26. The second-order valence-corrected chi connectivity index (χ2v) is 5.40. The van der Waals surface area contributed by atoms with Gasteiger partial charge in [-0.15, -0.1) is 0 Å². The number of furan rings is 1. The number of hydrogen-bond donors (Lipinski definition) is 0. The molecule has 0 atom stereocenters. The van der Waals surface area contributed by atoms with Gasteiger partial charge in [-0.3, -0.25) is 4.79 Å². The van der Waals surface area contributed by atoms with Crippen LogP contribution >= 0.6 is 11.6 Å². The molecule has 0 bridgehead atoms. The Morgan fingerprint density at radius 1 is 1.29 bits per heavy atom. The van der Waals surface area contributed by atoms with E-state index in [4.69, 9.17) is 16.0 Å². The van der Waals surface area contributed by atoms with Crippen molar-refractivity contribution in [2.75, 3.05) is 0 Å². The van der Waals surface area contributed by atoms with Gasteiger partial charge < -0.3 is 4.42 Å². The maximum atomic E-state index is 13.1. The lowest BCUT2D eigenvalue weighted by Gasteiger charge is -2.13. The van der Waals surface area contributed by atoms with Gasteiger partial charge in [-0.25, -0.2) is 4.39 Å². The molecule has 2 rings (SSSR count). The molecule has 0 unspecified atom stereocenters. The third-order valence-corrected chi connectivity index (χ3v) is 2.72. The van der Waals surface area contributed by atoms with Crippen LogP contribution in [0, 0.1) is 11.2 Å². The Balaban J connectivity index is 2.60. The van der Waals surface area contributed by atoms with Gasteiger partial charge in [0.05, 0.1) is 5.02 Å². The molecule has 2 aromatic rings. The molecule has 4 heteroatoms. The van der Waals surface area contributed by atoms with Crippen molar-refractivity contribution in [3.8, 4) is 0 Å². The van der Waals surface area contributed by atoms with E-state index in [0.717, 1.165) is 0 Å². The summed E-state index contributed by atoms with van der Waals surface area (Å²) >= 11 is 5.85. The molecule has 0 fully saturated rings. The number of fused-ring (bicyclic) bond motifs is 1. The lowest BCUT2D eigenvalue weighted by atomic mass is 9.89. The summed E-state index contributed by atoms with van der Waals surface area (Å²) in [5, 5.41) is 0.676. The van der Waals surface area contributed by atoms with Crippen LogP contribution in [-0.4, -0.2) is 5.78 Å². The number of carbonyl (C=O) groups is 1. The summed E-state index contributed by atoms with van der Waals surface area (Å²) in [6.07, 6.45) is 0. The van der Waals surface area contributed by atoms with Crippen LogP contribution in [-0.2, 0) is 0 Å². The van der Waals surface area contributed by atoms with Crippen LogP contribution in [0.5, 0.6) is 0 Å². The topological polar surface area (TPSA) is 30.2 Å². The standard InChI is InChI=1S/C13H12ClFO2/c1-13(2,3)12(16)10-5-7-4-8(15)6-9(14)11(7)17-10/h4-6H,1-3H3. The first-order valence-electron chi connectivity index (χ1n) is 5.22. The van der Waals surface area contributed by atoms with Crippen molar-refractivity contribution in [3.63, 3.8) is 0 Å². The molecule has 0 radical (unpaired) electrons. The van der Waals surface area contributed by atoms with E-state index >= 15 is 0 Å². The predicted octanol–water partition coefficient (Wildman–Crippen LogP) is 4.45. The fourth-order valence-corrected chi connectivity index (χ4v) is 1.81. The zero-order chi connectivity index (χ0) is 12.8. The molecule has 1 aromatic carbocycles. The molecule has 1 aromatic heterocycles. The zero-order valence-corrected chi connectivity index (χ0v) is 10.6. The summed E-state index contributed by atoms with van der Waals surface area (Å²) in [4.78, 5) is 12.0. The number of carbonyl (C=O) groups excluding carboxylic acids is 1. The summed E-state index contributed by atoms with van der Waals surface area (Å²) in [6.45, 7) is 5.39. The maximum Gasteiger partial charge on any atom is 0.203 e. The van der Waals surface area contributed by atoms with Crippen molar-refractivity contribution in [2.24, 2.45) is 5.41 Å². The van der Waals surface area contributed by atoms with Gasteiger partial charge in [0.15, 0.2) is 11.3 Å². The van der Waals surface area contributed by atoms with E-state index in [0.29, 0.717) is 11.0 Å². The minimum Gasteiger partial charge on any atom is -0.451 e. The van der Waals surface area contributed by atoms with E-state index in [9.17, 15) is 9.18 Å². The van der Waals surface area contributed by atoms with Gasteiger partial charge in [-0.1, -0.05) is 32.4 Å². The first-order chi connectivity index (χ1) is 7.79.